The zero-order valence-electron chi connectivity index (χ0n) is 10.7. The van der Waals surface area contributed by atoms with E-state index in [2.05, 4.69) is 22.8 Å². The maximum atomic E-state index is 9.98. The Bertz CT molecular complexity index is 507. The molecular formula is C14H12MnN2O4+2. The smallest absolute Gasteiger partial charge is 0.341 e. The van der Waals surface area contributed by atoms with Gasteiger partial charge in [-0.15, -0.1) is 0 Å². The van der Waals surface area contributed by atoms with Gasteiger partial charge in [0.1, 0.15) is 24.8 Å². The minimum Gasteiger partial charge on any atom is -0.477 e. The van der Waals surface area contributed by atoms with Crippen molar-refractivity contribution in [3.05, 3.63) is 72.4 Å². The molecule has 1 radical (unpaired) electrons. The summed E-state index contributed by atoms with van der Waals surface area (Å²) in [4.78, 5) is 20.0. The third-order valence-electron chi connectivity index (χ3n) is 1.93. The fourth-order valence-electron chi connectivity index (χ4n) is 1.11. The molecule has 4 N–H and O–H groups in total. The predicted octanol–water partition coefficient (Wildman–Crippen LogP) is 0.860. The van der Waals surface area contributed by atoms with Crippen LogP contribution in [0.2, 0.25) is 0 Å². The molecule has 6 nitrogen and oxygen atoms in total. The minimum atomic E-state index is -0.949. The predicted molar refractivity (Wildman–Crippen MR) is 71.6 cm³/mol. The van der Waals surface area contributed by atoms with Crippen LogP contribution in [-0.4, -0.2) is 22.2 Å². The van der Waals surface area contributed by atoms with Crippen molar-refractivity contribution in [3.63, 3.8) is 0 Å². The quantitative estimate of drug-likeness (QED) is 0.347. The number of aliphatic carboxylic acids is 2. The van der Waals surface area contributed by atoms with Crippen molar-refractivity contribution in [1.29, 1.82) is 0 Å². The summed E-state index contributed by atoms with van der Waals surface area (Å²) in [6, 6.07) is 0. The van der Waals surface area contributed by atoms with E-state index in [-0.39, 0.29) is 17.1 Å². The number of hydrogen-bond donors (Lipinski definition) is 4. The Hall–Kier alpha value is -2.68. The molecule has 2 heterocycles. The Kier molecular flexibility index (Phi) is 8.85. The van der Waals surface area contributed by atoms with E-state index in [9.17, 15) is 9.59 Å². The monoisotopic (exact) mass is 327 g/mol. The van der Waals surface area contributed by atoms with Crippen LogP contribution in [0.15, 0.2) is 60.3 Å². The van der Waals surface area contributed by atoms with Gasteiger partial charge in [0.05, 0.1) is 36.5 Å². The topological polar surface area (TPSA) is 98.7 Å². The van der Waals surface area contributed by atoms with E-state index >= 15 is 0 Å². The van der Waals surface area contributed by atoms with Crippen LogP contribution < -0.4 is 10.6 Å². The van der Waals surface area contributed by atoms with Gasteiger partial charge in [-0.2, -0.15) is 0 Å². The molecule has 0 fully saturated rings. The first-order valence-electron chi connectivity index (χ1n) is 5.49. The summed E-state index contributed by atoms with van der Waals surface area (Å²) in [5.41, 5.74) is 1.48. The Morgan fingerprint density at radius 2 is 1.29 bits per heavy atom. The molecule has 0 aromatic rings. The van der Waals surface area contributed by atoms with Crippen LogP contribution in [0.5, 0.6) is 0 Å². The number of nitrogens with one attached hydrogen (secondary N) is 2. The Labute approximate surface area is 132 Å². The van der Waals surface area contributed by atoms with Crippen LogP contribution in [0.25, 0.3) is 0 Å². The van der Waals surface area contributed by atoms with Gasteiger partial charge in [0.25, 0.3) is 0 Å². The van der Waals surface area contributed by atoms with E-state index in [1.165, 1.54) is 12.2 Å². The molecular weight excluding hydrogens is 315 g/mol. The van der Waals surface area contributed by atoms with Crippen LogP contribution in [0, 0.1) is 12.2 Å². The van der Waals surface area contributed by atoms with Crippen molar-refractivity contribution in [2.45, 2.75) is 0 Å². The zero-order chi connectivity index (χ0) is 14.8. The van der Waals surface area contributed by atoms with Crippen molar-refractivity contribution < 1.29 is 36.9 Å². The summed E-state index contributed by atoms with van der Waals surface area (Å²) < 4.78 is 0. The van der Waals surface area contributed by atoms with Gasteiger partial charge in [-0.3, -0.25) is 10.6 Å². The maximum absolute atomic E-state index is 9.98. The van der Waals surface area contributed by atoms with Gasteiger partial charge in [-0.1, -0.05) is 0 Å². The molecule has 107 valence electrons. The van der Waals surface area contributed by atoms with Gasteiger partial charge in [-0.25, -0.2) is 9.59 Å². The number of hydrogen-bond acceptors (Lipinski definition) is 4. The fourth-order valence-corrected chi connectivity index (χ4v) is 1.11. The van der Waals surface area contributed by atoms with Gasteiger partial charge in [0.2, 0.25) is 11.1 Å². The van der Waals surface area contributed by atoms with Gasteiger partial charge >= 0.3 is 11.9 Å². The molecule has 0 unspecified atom stereocenters. The summed E-state index contributed by atoms with van der Waals surface area (Å²) in [6.45, 7) is 0. The molecule has 2 aliphatic heterocycles. The van der Waals surface area contributed by atoms with E-state index in [1.807, 2.05) is 0 Å². The van der Waals surface area contributed by atoms with E-state index in [4.69, 9.17) is 10.2 Å². The van der Waals surface area contributed by atoms with Gasteiger partial charge in [0, 0.05) is 17.1 Å². The Morgan fingerprint density at radius 3 is 1.52 bits per heavy atom. The normalized spacial score (nSPS) is 13.9. The molecule has 0 aromatic heterocycles. The SMILES string of the molecule is O=C(O)/C=C\C1=CNC=[C+]1.O=C(O)/C=C\C1=CNC=[C+]1.[Mn]. The van der Waals surface area contributed by atoms with Crippen LogP contribution >= 0.6 is 0 Å². The molecule has 21 heavy (non-hydrogen) atoms. The third kappa shape index (κ3) is 8.94. The number of carboxylic acid groups (broad SMARTS) is 2. The van der Waals surface area contributed by atoms with E-state index < -0.39 is 11.9 Å². The van der Waals surface area contributed by atoms with Crippen LogP contribution in [0.1, 0.15) is 0 Å². The molecule has 0 aromatic carbocycles. The van der Waals surface area contributed by atoms with Crippen LogP contribution in [-0.2, 0) is 26.7 Å². The van der Waals surface area contributed by atoms with Gasteiger partial charge in [0.15, 0.2) is 0 Å². The van der Waals surface area contributed by atoms with E-state index in [1.54, 1.807) is 24.8 Å². The molecule has 0 saturated heterocycles. The zero-order valence-corrected chi connectivity index (χ0v) is 11.9. The second-order valence-electron chi connectivity index (χ2n) is 3.45. The standard InChI is InChI=1S/2C7H5NO2.Mn/c2*9-7(10)2-1-6-3-4-8-5-6;/h2*1-2,4-5,8H;/p+2/b2*2-1-;. The number of allylic oxidation sites excluding steroid dienone is 6. The Morgan fingerprint density at radius 1 is 0.905 bits per heavy atom. The summed E-state index contributed by atoms with van der Waals surface area (Å²) >= 11 is 0. The summed E-state index contributed by atoms with van der Waals surface area (Å²) in [7, 11) is 0. The van der Waals surface area contributed by atoms with Crippen molar-refractivity contribution in [1.82, 2.24) is 10.6 Å². The van der Waals surface area contributed by atoms with Crippen LogP contribution in [0.3, 0.4) is 0 Å². The summed E-state index contributed by atoms with van der Waals surface area (Å²) in [6.07, 6.45) is 17.2. The molecule has 0 atom stereocenters. The van der Waals surface area contributed by atoms with Crippen molar-refractivity contribution >= 4 is 11.9 Å². The van der Waals surface area contributed by atoms with Gasteiger partial charge in [-0.05, 0) is 0 Å². The Balaban J connectivity index is 0.000000364. The first kappa shape index (κ1) is 18.3. The molecule has 2 rings (SSSR count). The second-order valence-corrected chi connectivity index (χ2v) is 3.45. The number of rotatable bonds is 4. The average molecular weight is 327 g/mol. The second kappa shape index (κ2) is 10.1. The summed E-state index contributed by atoms with van der Waals surface area (Å²) in [5.74, 6) is -1.90. The molecule has 0 saturated carbocycles. The fraction of sp³-hybridized carbons (Fsp3) is 0. The van der Waals surface area contributed by atoms with Crippen molar-refractivity contribution in [2.24, 2.45) is 0 Å². The molecule has 0 aliphatic carbocycles. The van der Waals surface area contributed by atoms with E-state index in [0.29, 0.717) is 0 Å². The van der Waals surface area contributed by atoms with Crippen molar-refractivity contribution in [3.8, 4) is 0 Å². The van der Waals surface area contributed by atoms with Gasteiger partial charge < -0.3 is 10.2 Å². The minimum absolute atomic E-state index is 0. The molecule has 0 spiro atoms. The maximum Gasteiger partial charge on any atom is 0.341 e. The average Bonchev–Trinajstić information content (AvgIpc) is 3.08. The largest absolute Gasteiger partial charge is 0.477 e. The third-order valence-corrected chi connectivity index (χ3v) is 1.93. The molecule has 0 amide bonds. The first-order chi connectivity index (χ1) is 9.58. The van der Waals surface area contributed by atoms with Crippen LogP contribution in [0.4, 0.5) is 0 Å². The molecule has 0 bridgehead atoms. The number of carboxylic acids is 2. The van der Waals surface area contributed by atoms with Crippen molar-refractivity contribution in [2.75, 3.05) is 0 Å². The molecule has 7 heteroatoms. The van der Waals surface area contributed by atoms with E-state index in [0.717, 1.165) is 23.3 Å². The number of carbonyl (C=O) groups is 2. The summed E-state index contributed by atoms with van der Waals surface area (Å²) in [5, 5.41) is 21.9. The first-order valence-corrected chi connectivity index (χ1v) is 5.49. The molecule has 2 aliphatic rings.